The van der Waals surface area contributed by atoms with Crippen LogP contribution in [0, 0.1) is 12.8 Å². The maximum Gasteiger partial charge on any atom is 0.164 e. The van der Waals surface area contributed by atoms with Gasteiger partial charge in [-0.15, -0.1) is 23.1 Å². The number of thiazole rings is 1. The number of hydrogen-bond donors (Lipinski definition) is 0. The van der Waals surface area contributed by atoms with Gasteiger partial charge in [0.1, 0.15) is 10.8 Å². The Hall–Kier alpha value is -1.92. The summed E-state index contributed by atoms with van der Waals surface area (Å²) in [4.78, 5) is 18.3. The van der Waals surface area contributed by atoms with E-state index in [4.69, 9.17) is 4.52 Å². The second-order valence-corrected chi connectivity index (χ2v) is 8.37. The molecule has 0 fully saturated rings. The minimum Gasteiger partial charge on any atom is -0.361 e. The molecule has 0 amide bonds. The molecule has 4 nitrogen and oxygen atoms in total. The van der Waals surface area contributed by atoms with Crippen LogP contribution >= 0.6 is 23.1 Å². The van der Waals surface area contributed by atoms with Gasteiger partial charge in [-0.25, -0.2) is 4.98 Å². The first-order valence-corrected chi connectivity index (χ1v) is 10.1. The predicted octanol–water partition coefficient (Wildman–Crippen LogP) is 5.16. The highest BCUT2D eigenvalue weighted by Gasteiger charge is 2.28. The van der Waals surface area contributed by atoms with Gasteiger partial charge in [-0.1, -0.05) is 18.1 Å². The van der Waals surface area contributed by atoms with Crippen molar-refractivity contribution in [2.24, 2.45) is 5.92 Å². The molecule has 0 spiro atoms. The van der Waals surface area contributed by atoms with Gasteiger partial charge in [0.2, 0.25) is 0 Å². The first kappa shape index (κ1) is 16.5. The Labute approximate surface area is 154 Å². The molecule has 0 bridgehead atoms. The molecular formula is C19H18N2O2S2. The summed E-state index contributed by atoms with van der Waals surface area (Å²) in [5.74, 6) is 2.12. The fourth-order valence-electron chi connectivity index (χ4n) is 3.30. The molecular weight excluding hydrogens is 352 g/mol. The minimum absolute atomic E-state index is 0.242. The zero-order valence-corrected chi connectivity index (χ0v) is 15.7. The first-order chi connectivity index (χ1) is 12.1. The lowest BCUT2D eigenvalue weighted by molar-refractivity contribution is 0.0950. The van der Waals surface area contributed by atoms with Crippen LogP contribution in [0.2, 0.25) is 0 Å². The molecule has 25 heavy (non-hydrogen) atoms. The summed E-state index contributed by atoms with van der Waals surface area (Å²) in [6, 6.07) is 6.10. The van der Waals surface area contributed by atoms with Gasteiger partial charge in [-0.2, -0.15) is 0 Å². The Bertz CT molecular complexity index is 916. The molecule has 1 aliphatic carbocycles. The van der Waals surface area contributed by atoms with Crippen LogP contribution in [0.3, 0.4) is 0 Å². The topological polar surface area (TPSA) is 56.0 Å². The standard InChI is InChI=1S/C19H18N2O2S2/c1-11-7-15-14(19-20-5-6-24-19)3-4-17(18(15)16(22)8-11)25-10-13-9-12(2)23-21-13/h3-6,9,11H,7-8,10H2,1-2H3. The number of nitrogens with zero attached hydrogens (tertiary/aromatic N) is 2. The van der Waals surface area contributed by atoms with Crippen LogP contribution in [0.1, 0.15) is 40.7 Å². The summed E-state index contributed by atoms with van der Waals surface area (Å²) in [6.07, 6.45) is 3.36. The fourth-order valence-corrected chi connectivity index (χ4v) is 4.97. The van der Waals surface area contributed by atoms with Gasteiger partial charge >= 0.3 is 0 Å². The van der Waals surface area contributed by atoms with E-state index in [0.717, 1.165) is 44.5 Å². The van der Waals surface area contributed by atoms with E-state index in [2.05, 4.69) is 29.2 Å². The lowest BCUT2D eigenvalue weighted by Crippen LogP contribution is -2.19. The number of rotatable bonds is 4. The summed E-state index contributed by atoms with van der Waals surface area (Å²) >= 11 is 3.27. The van der Waals surface area contributed by atoms with E-state index in [9.17, 15) is 4.79 Å². The molecule has 0 saturated carbocycles. The van der Waals surface area contributed by atoms with Gasteiger partial charge in [-0.3, -0.25) is 4.79 Å². The van der Waals surface area contributed by atoms with Gasteiger partial charge < -0.3 is 4.52 Å². The summed E-state index contributed by atoms with van der Waals surface area (Å²) < 4.78 is 5.13. The second-order valence-electron chi connectivity index (χ2n) is 6.46. The summed E-state index contributed by atoms with van der Waals surface area (Å²) in [7, 11) is 0. The molecule has 1 aromatic carbocycles. The molecule has 1 unspecified atom stereocenters. The van der Waals surface area contributed by atoms with E-state index in [0.29, 0.717) is 18.1 Å². The van der Waals surface area contributed by atoms with Crippen molar-refractivity contribution in [2.45, 2.75) is 37.3 Å². The third-order valence-electron chi connectivity index (χ3n) is 4.35. The predicted molar refractivity (Wildman–Crippen MR) is 100 cm³/mol. The number of thioether (sulfide) groups is 1. The fraction of sp³-hybridized carbons (Fsp3) is 0.316. The van der Waals surface area contributed by atoms with Crippen LogP contribution < -0.4 is 0 Å². The van der Waals surface area contributed by atoms with Gasteiger partial charge in [0.25, 0.3) is 0 Å². The van der Waals surface area contributed by atoms with E-state index in [1.807, 2.05) is 24.6 Å². The monoisotopic (exact) mass is 370 g/mol. The van der Waals surface area contributed by atoms with Crippen molar-refractivity contribution in [1.82, 2.24) is 10.1 Å². The van der Waals surface area contributed by atoms with Crippen LogP contribution in [-0.4, -0.2) is 15.9 Å². The smallest absolute Gasteiger partial charge is 0.164 e. The highest BCUT2D eigenvalue weighted by atomic mass is 32.2. The molecule has 3 aromatic rings. The van der Waals surface area contributed by atoms with Crippen molar-refractivity contribution in [3.8, 4) is 10.6 Å². The Kier molecular flexibility index (Phi) is 4.48. The highest BCUT2D eigenvalue weighted by molar-refractivity contribution is 7.98. The van der Waals surface area contributed by atoms with Crippen LogP contribution in [0.15, 0.2) is 39.2 Å². The molecule has 6 heteroatoms. The molecule has 1 atom stereocenters. The van der Waals surface area contributed by atoms with Crippen LogP contribution in [0.25, 0.3) is 10.6 Å². The number of carbonyl (C=O) groups is 1. The van der Waals surface area contributed by atoms with E-state index < -0.39 is 0 Å². The summed E-state index contributed by atoms with van der Waals surface area (Å²) in [5.41, 5.74) is 4.04. The van der Waals surface area contributed by atoms with Crippen LogP contribution in [0.5, 0.6) is 0 Å². The molecule has 2 aromatic heterocycles. The normalized spacial score (nSPS) is 16.9. The quantitative estimate of drug-likeness (QED) is 0.594. The third-order valence-corrected chi connectivity index (χ3v) is 6.25. The molecule has 128 valence electrons. The second kappa shape index (κ2) is 6.77. The van der Waals surface area contributed by atoms with Crippen molar-refractivity contribution in [2.75, 3.05) is 0 Å². The lowest BCUT2D eigenvalue weighted by Gasteiger charge is -2.24. The average Bonchev–Trinajstić information content (AvgIpc) is 3.24. The number of hydrogen-bond acceptors (Lipinski definition) is 6. The third kappa shape index (κ3) is 3.28. The molecule has 0 N–H and O–H groups in total. The van der Waals surface area contributed by atoms with E-state index >= 15 is 0 Å². The van der Waals surface area contributed by atoms with Gasteiger partial charge in [0, 0.05) is 45.8 Å². The summed E-state index contributed by atoms with van der Waals surface area (Å²) in [5, 5.41) is 7.01. The van der Waals surface area contributed by atoms with E-state index in [-0.39, 0.29) is 5.78 Å². The largest absolute Gasteiger partial charge is 0.361 e. The Morgan fingerprint density at radius 1 is 1.36 bits per heavy atom. The maximum absolute atomic E-state index is 12.8. The minimum atomic E-state index is 0.242. The number of fused-ring (bicyclic) bond motifs is 1. The molecule has 2 heterocycles. The van der Waals surface area contributed by atoms with Crippen molar-refractivity contribution in [1.29, 1.82) is 0 Å². The number of Topliss-reactive ketones (excluding diaryl/α,β-unsaturated/α-hetero) is 1. The molecule has 1 aliphatic rings. The zero-order chi connectivity index (χ0) is 17.4. The Morgan fingerprint density at radius 3 is 2.96 bits per heavy atom. The Balaban J connectivity index is 1.73. The van der Waals surface area contributed by atoms with Crippen molar-refractivity contribution in [3.63, 3.8) is 0 Å². The average molecular weight is 370 g/mol. The number of benzene rings is 1. The van der Waals surface area contributed by atoms with Crippen molar-refractivity contribution >= 4 is 28.9 Å². The van der Waals surface area contributed by atoms with E-state index in [1.54, 1.807) is 23.1 Å². The molecule has 4 rings (SSSR count). The number of aromatic nitrogens is 2. The zero-order valence-electron chi connectivity index (χ0n) is 14.1. The SMILES string of the molecule is Cc1cc(CSc2ccc(-c3nccs3)c3c2C(=O)CC(C)C3)no1. The maximum atomic E-state index is 12.8. The molecule has 0 radical (unpaired) electrons. The van der Waals surface area contributed by atoms with Gasteiger partial charge in [0.05, 0.1) is 5.69 Å². The van der Waals surface area contributed by atoms with Crippen molar-refractivity contribution < 1.29 is 9.32 Å². The highest BCUT2D eigenvalue weighted by Crippen LogP contribution is 2.40. The Morgan fingerprint density at radius 2 is 2.24 bits per heavy atom. The summed E-state index contributed by atoms with van der Waals surface area (Å²) in [6.45, 7) is 4.03. The van der Waals surface area contributed by atoms with Crippen LogP contribution in [-0.2, 0) is 12.2 Å². The number of carbonyl (C=O) groups excluding carboxylic acids is 1. The molecule has 0 aliphatic heterocycles. The number of aryl methyl sites for hydroxylation is 1. The van der Waals surface area contributed by atoms with Gasteiger partial charge in [-0.05, 0) is 30.9 Å². The van der Waals surface area contributed by atoms with Gasteiger partial charge in [0.15, 0.2) is 5.78 Å². The first-order valence-electron chi connectivity index (χ1n) is 8.25. The van der Waals surface area contributed by atoms with E-state index in [1.165, 1.54) is 0 Å². The number of ketones is 1. The lowest BCUT2D eigenvalue weighted by atomic mass is 9.82. The molecule has 0 saturated heterocycles. The van der Waals surface area contributed by atoms with Crippen LogP contribution in [0.4, 0.5) is 0 Å². The van der Waals surface area contributed by atoms with Crippen molar-refractivity contribution in [3.05, 3.63) is 52.4 Å².